The summed E-state index contributed by atoms with van der Waals surface area (Å²) in [5.74, 6) is 0.934. The standard InChI is InChI=1S/C22H23N3O3/c1-14(20-21(26)24-22(28-20)25(2)3)16-12-23-17-10-7-11-18(19(16)17)27-13-15-8-5-4-6-9-15/h4-12,14,23,26H,13H2,1-3H3. The lowest BCUT2D eigenvalue weighted by molar-refractivity contribution is 0.310. The van der Waals surface area contributed by atoms with Gasteiger partial charge >= 0.3 is 0 Å². The second kappa shape index (κ2) is 7.31. The Morgan fingerprint density at radius 1 is 1.14 bits per heavy atom. The average Bonchev–Trinajstić information content (AvgIpc) is 3.31. The minimum absolute atomic E-state index is 0.0896. The number of rotatable bonds is 6. The average molecular weight is 377 g/mol. The third-order valence-electron chi connectivity index (χ3n) is 4.80. The summed E-state index contributed by atoms with van der Waals surface area (Å²) in [5, 5.41) is 11.2. The Morgan fingerprint density at radius 3 is 2.64 bits per heavy atom. The maximum atomic E-state index is 10.3. The molecule has 4 rings (SSSR count). The quantitative estimate of drug-likeness (QED) is 0.511. The van der Waals surface area contributed by atoms with Gasteiger partial charge in [-0.05, 0) is 23.3 Å². The number of anilines is 1. The van der Waals surface area contributed by atoms with Crippen molar-refractivity contribution in [2.24, 2.45) is 0 Å². The second-order valence-electron chi connectivity index (χ2n) is 7.00. The van der Waals surface area contributed by atoms with Crippen molar-refractivity contribution in [3.05, 3.63) is 71.6 Å². The molecule has 6 heteroatoms. The van der Waals surface area contributed by atoms with Crippen LogP contribution in [0, 0.1) is 0 Å². The first-order valence-electron chi connectivity index (χ1n) is 9.18. The molecule has 2 heterocycles. The van der Waals surface area contributed by atoms with Crippen LogP contribution in [-0.2, 0) is 6.61 Å². The predicted octanol–water partition coefficient (Wildman–Crippen LogP) is 4.66. The van der Waals surface area contributed by atoms with E-state index in [0.717, 1.165) is 27.8 Å². The fourth-order valence-electron chi connectivity index (χ4n) is 3.30. The highest BCUT2D eigenvalue weighted by molar-refractivity contribution is 5.90. The van der Waals surface area contributed by atoms with Crippen molar-refractivity contribution in [2.45, 2.75) is 19.4 Å². The molecule has 0 aliphatic heterocycles. The maximum absolute atomic E-state index is 10.3. The Morgan fingerprint density at radius 2 is 1.93 bits per heavy atom. The Labute approximate surface area is 163 Å². The Balaban J connectivity index is 1.70. The number of nitrogens with zero attached hydrogens (tertiary/aromatic N) is 2. The van der Waals surface area contributed by atoms with Crippen LogP contribution in [0.25, 0.3) is 10.9 Å². The van der Waals surface area contributed by atoms with E-state index in [-0.39, 0.29) is 11.8 Å². The number of aromatic hydroxyl groups is 1. The molecule has 4 aromatic rings. The number of aromatic nitrogens is 2. The van der Waals surface area contributed by atoms with Gasteiger partial charge in [-0.25, -0.2) is 0 Å². The lowest BCUT2D eigenvalue weighted by atomic mass is 9.97. The van der Waals surface area contributed by atoms with Crippen molar-refractivity contribution in [2.75, 3.05) is 19.0 Å². The Hall–Kier alpha value is -3.41. The summed E-state index contributed by atoms with van der Waals surface area (Å²) >= 11 is 0. The van der Waals surface area contributed by atoms with Crippen LogP contribution in [0.5, 0.6) is 11.6 Å². The van der Waals surface area contributed by atoms with Crippen molar-refractivity contribution < 1.29 is 14.3 Å². The molecule has 6 nitrogen and oxygen atoms in total. The summed E-state index contributed by atoms with van der Waals surface area (Å²) in [6.45, 7) is 2.47. The largest absolute Gasteiger partial charge is 0.491 e. The molecular formula is C22H23N3O3. The molecule has 2 aromatic heterocycles. The number of nitrogens with one attached hydrogen (secondary N) is 1. The van der Waals surface area contributed by atoms with Gasteiger partial charge in [0.05, 0.1) is 0 Å². The molecule has 1 unspecified atom stereocenters. The normalized spacial score (nSPS) is 12.2. The van der Waals surface area contributed by atoms with Crippen LogP contribution in [0.2, 0.25) is 0 Å². The fourth-order valence-corrected chi connectivity index (χ4v) is 3.30. The van der Waals surface area contributed by atoms with Crippen LogP contribution >= 0.6 is 0 Å². The van der Waals surface area contributed by atoms with Gasteiger partial charge in [0.2, 0.25) is 0 Å². The molecule has 28 heavy (non-hydrogen) atoms. The van der Waals surface area contributed by atoms with E-state index in [1.165, 1.54) is 0 Å². The number of fused-ring (bicyclic) bond motifs is 1. The fraction of sp³-hybridized carbons (Fsp3) is 0.227. The van der Waals surface area contributed by atoms with E-state index in [1.807, 2.05) is 75.7 Å². The molecule has 0 fully saturated rings. The summed E-state index contributed by atoms with van der Waals surface area (Å²) < 4.78 is 11.9. The maximum Gasteiger partial charge on any atom is 0.300 e. The molecule has 0 aliphatic carbocycles. The molecule has 0 radical (unpaired) electrons. The van der Waals surface area contributed by atoms with Crippen molar-refractivity contribution in [3.8, 4) is 11.6 Å². The molecule has 0 bridgehead atoms. The third-order valence-corrected chi connectivity index (χ3v) is 4.80. The van der Waals surface area contributed by atoms with E-state index in [9.17, 15) is 5.11 Å². The number of ether oxygens (including phenoxy) is 1. The second-order valence-corrected chi connectivity index (χ2v) is 7.00. The first-order valence-corrected chi connectivity index (χ1v) is 9.18. The van der Waals surface area contributed by atoms with Crippen LogP contribution < -0.4 is 9.64 Å². The molecule has 1 atom stereocenters. The minimum atomic E-state index is -0.198. The van der Waals surface area contributed by atoms with E-state index in [0.29, 0.717) is 18.4 Å². The van der Waals surface area contributed by atoms with E-state index >= 15 is 0 Å². The van der Waals surface area contributed by atoms with Crippen LogP contribution in [0.3, 0.4) is 0 Å². The zero-order valence-electron chi connectivity index (χ0n) is 16.1. The molecule has 144 valence electrons. The van der Waals surface area contributed by atoms with Crippen LogP contribution in [0.1, 0.15) is 29.7 Å². The van der Waals surface area contributed by atoms with Gasteiger partial charge in [-0.1, -0.05) is 43.3 Å². The molecule has 0 saturated carbocycles. The van der Waals surface area contributed by atoms with Crippen LogP contribution in [-0.4, -0.2) is 29.2 Å². The van der Waals surface area contributed by atoms with Crippen LogP contribution in [0.15, 0.2) is 59.1 Å². The summed E-state index contributed by atoms with van der Waals surface area (Å²) in [7, 11) is 3.64. The van der Waals surface area contributed by atoms with Gasteiger partial charge in [-0.15, -0.1) is 0 Å². The SMILES string of the molecule is CC(c1oc(N(C)C)nc1O)c1c[nH]c2cccc(OCc3ccccc3)c12. The molecule has 0 amide bonds. The van der Waals surface area contributed by atoms with Crippen molar-refractivity contribution >= 4 is 16.9 Å². The molecule has 0 saturated heterocycles. The number of hydrogen-bond acceptors (Lipinski definition) is 5. The summed E-state index contributed by atoms with van der Waals surface area (Å²) in [5.41, 5.74) is 3.06. The highest BCUT2D eigenvalue weighted by Crippen LogP contribution is 2.39. The number of oxazole rings is 1. The van der Waals surface area contributed by atoms with Gasteiger partial charge < -0.3 is 24.1 Å². The zero-order valence-corrected chi connectivity index (χ0v) is 16.1. The number of H-pyrrole nitrogens is 1. The highest BCUT2D eigenvalue weighted by Gasteiger charge is 2.24. The van der Waals surface area contributed by atoms with E-state index in [2.05, 4.69) is 9.97 Å². The lowest BCUT2D eigenvalue weighted by Crippen LogP contribution is -2.08. The topological polar surface area (TPSA) is 74.5 Å². The van der Waals surface area contributed by atoms with Crippen molar-refractivity contribution in [3.63, 3.8) is 0 Å². The number of aromatic amines is 1. The van der Waals surface area contributed by atoms with E-state index in [4.69, 9.17) is 9.15 Å². The highest BCUT2D eigenvalue weighted by atomic mass is 16.5. The van der Waals surface area contributed by atoms with Gasteiger partial charge in [0.1, 0.15) is 12.4 Å². The molecular weight excluding hydrogens is 354 g/mol. The molecule has 2 N–H and O–H groups in total. The van der Waals surface area contributed by atoms with E-state index < -0.39 is 0 Å². The molecule has 2 aromatic carbocycles. The van der Waals surface area contributed by atoms with Crippen molar-refractivity contribution in [1.82, 2.24) is 9.97 Å². The summed E-state index contributed by atoms with van der Waals surface area (Å²) in [4.78, 5) is 9.11. The number of benzene rings is 2. The first kappa shape index (κ1) is 18.0. The van der Waals surface area contributed by atoms with E-state index in [1.54, 1.807) is 4.90 Å². The molecule has 0 spiro atoms. The van der Waals surface area contributed by atoms with Gasteiger partial charge in [0, 0.05) is 37.1 Å². The predicted molar refractivity (Wildman–Crippen MR) is 109 cm³/mol. The van der Waals surface area contributed by atoms with Gasteiger partial charge in [0.25, 0.3) is 11.9 Å². The monoisotopic (exact) mass is 377 g/mol. The van der Waals surface area contributed by atoms with Gasteiger partial charge in [-0.3, -0.25) is 0 Å². The number of hydrogen-bond donors (Lipinski definition) is 2. The lowest BCUT2D eigenvalue weighted by Gasteiger charge is -2.12. The first-order chi connectivity index (χ1) is 13.5. The van der Waals surface area contributed by atoms with Gasteiger partial charge in [0.15, 0.2) is 5.76 Å². The van der Waals surface area contributed by atoms with Gasteiger partial charge in [-0.2, -0.15) is 4.98 Å². The Kier molecular flexibility index (Phi) is 4.69. The summed E-state index contributed by atoms with van der Waals surface area (Å²) in [6, 6.07) is 16.4. The smallest absolute Gasteiger partial charge is 0.300 e. The third kappa shape index (κ3) is 3.29. The molecule has 0 aliphatic rings. The Bertz CT molecular complexity index is 1080. The minimum Gasteiger partial charge on any atom is -0.491 e. The summed E-state index contributed by atoms with van der Waals surface area (Å²) in [6.07, 6.45) is 1.93. The zero-order chi connectivity index (χ0) is 19.7. The van der Waals surface area contributed by atoms with Crippen molar-refractivity contribution in [1.29, 1.82) is 0 Å². The van der Waals surface area contributed by atoms with Crippen LogP contribution in [0.4, 0.5) is 6.01 Å².